The van der Waals surface area contributed by atoms with E-state index >= 15 is 4.79 Å². The second kappa shape index (κ2) is 19.1. The van der Waals surface area contributed by atoms with E-state index in [-0.39, 0.29) is 37.9 Å². The largest absolute Gasteiger partial charge is 0.449 e. The standard InChI is InChI=1S/C55H52N4O5S2/c1-36-49(65-35-57-36)38-29-27-37(28-30-38)32-56-51(61)48-31-42(60)33-59(48)52(62)50(58-53(63)64-34-47-45-25-15-13-23-43(45)44-24-14-16-26-46(44)47)54(2,3)66-55(39-17-7-4-8-18-39,40-19-9-5-10-20-40)41-21-11-6-12-22-41/h4-30,35,42,47-48,50,60H,31-34H2,1-3H3,(H,56,61)(H,58,63)/t42-,48+,50-/m1/s1. The third-order valence-electron chi connectivity index (χ3n) is 12.8. The number of hydrogen-bond donors (Lipinski definition) is 3. The van der Waals surface area contributed by atoms with Crippen molar-refractivity contribution in [1.82, 2.24) is 20.5 Å². The molecule has 0 saturated carbocycles. The van der Waals surface area contributed by atoms with Crippen molar-refractivity contribution in [3.8, 4) is 21.6 Å². The van der Waals surface area contributed by atoms with Crippen molar-refractivity contribution in [1.29, 1.82) is 0 Å². The Balaban J connectivity index is 1.03. The number of likely N-dealkylation sites (tertiary alicyclic amines) is 1. The van der Waals surface area contributed by atoms with Gasteiger partial charge in [-0.05, 0) is 70.8 Å². The molecule has 1 aliphatic heterocycles. The van der Waals surface area contributed by atoms with Crippen molar-refractivity contribution >= 4 is 41.0 Å². The third-order valence-corrected chi connectivity index (χ3v) is 15.6. The summed E-state index contributed by atoms with van der Waals surface area (Å²) in [5.74, 6) is -1.08. The van der Waals surface area contributed by atoms with Gasteiger partial charge >= 0.3 is 6.09 Å². The monoisotopic (exact) mass is 912 g/mol. The molecule has 334 valence electrons. The molecule has 11 heteroatoms. The Labute approximate surface area is 394 Å². The highest BCUT2D eigenvalue weighted by atomic mass is 32.2. The fourth-order valence-corrected chi connectivity index (χ4v) is 12.2. The maximum atomic E-state index is 15.5. The Hall–Kier alpha value is -6.53. The van der Waals surface area contributed by atoms with Gasteiger partial charge in [0.15, 0.2) is 0 Å². The van der Waals surface area contributed by atoms with Crippen LogP contribution in [0.5, 0.6) is 0 Å². The van der Waals surface area contributed by atoms with E-state index in [0.717, 1.165) is 60.6 Å². The van der Waals surface area contributed by atoms with Crippen LogP contribution >= 0.6 is 23.1 Å². The van der Waals surface area contributed by atoms with Crippen LogP contribution in [-0.4, -0.2) is 69.0 Å². The number of aryl methyl sites for hydroxylation is 1. The number of β-amino-alcohol motifs (C(OH)–C–C–N with tert-alkyl or cyclic N) is 1. The number of fused-ring (bicyclic) bond motifs is 3. The van der Waals surface area contributed by atoms with Crippen LogP contribution in [0.1, 0.15) is 65.3 Å². The number of hydrogen-bond acceptors (Lipinski definition) is 8. The molecule has 0 spiro atoms. The molecule has 1 aromatic heterocycles. The van der Waals surface area contributed by atoms with E-state index in [1.165, 1.54) is 4.90 Å². The molecule has 1 saturated heterocycles. The van der Waals surface area contributed by atoms with Crippen LogP contribution in [-0.2, 0) is 25.6 Å². The van der Waals surface area contributed by atoms with E-state index in [1.807, 2.05) is 129 Å². The van der Waals surface area contributed by atoms with E-state index < -0.39 is 39.7 Å². The smallest absolute Gasteiger partial charge is 0.407 e. The lowest BCUT2D eigenvalue weighted by molar-refractivity contribution is -0.140. The Morgan fingerprint density at radius 2 is 1.30 bits per heavy atom. The lowest BCUT2D eigenvalue weighted by atomic mass is 9.84. The first-order valence-corrected chi connectivity index (χ1v) is 24.0. The molecular formula is C55H52N4O5S2. The fraction of sp³-hybridized carbons (Fsp3) is 0.236. The minimum atomic E-state index is -1.22. The molecule has 1 fully saturated rings. The summed E-state index contributed by atoms with van der Waals surface area (Å²) < 4.78 is 4.16. The normalized spacial score (nSPS) is 16.3. The molecule has 9 rings (SSSR count). The molecule has 0 unspecified atom stereocenters. The quantitative estimate of drug-likeness (QED) is 0.0930. The molecule has 0 radical (unpaired) electrons. The lowest BCUT2D eigenvalue weighted by Crippen LogP contribution is -2.60. The molecule has 7 aromatic rings. The number of aromatic nitrogens is 1. The van der Waals surface area contributed by atoms with Crippen LogP contribution < -0.4 is 10.6 Å². The summed E-state index contributed by atoms with van der Waals surface area (Å²) in [4.78, 5) is 50.9. The van der Waals surface area contributed by atoms with Gasteiger partial charge in [-0.1, -0.05) is 164 Å². The van der Waals surface area contributed by atoms with Gasteiger partial charge < -0.3 is 25.4 Å². The van der Waals surface area contributed by atoms with Gasteiger partial charge in [-0.25, -0.2) is 9.78 Å². The average molecular weight is 913 g/mol. The predicted molar refractivity (Wildman–Crippen MR) is 263 cm³/mol. The molecule has 2 heterocycles. The molecule has 66 heavy (non-hydrogen) atoms. The fourth-order valence-electron chi connectivity index (χ4n) is 9.57. The van der Waals surface area contributed by atoms with Gasteiger partial charge in [0.05, 0.1) is 26.9 Å². The molecule has 2 aliphatic rings. The van der Waals surface area contributed by atoms with Gasteiger partial charge in [0.2, 0.25) is 11.8 Å². The second-order valence-corrected chi connectivity index (χ2v) is 20.2. The molecule has 3 N–H and O–H groups in total. The van der Waals surface area contributed by atoms with E-state index in [4.69, 9.17) is 4.74 Å². The first-order chi connectivity index (χ1) is 32.0. The summed E-state index contributed by atoms with van der Waals surface area (Å²) in [6.07, 6.45) is -1.66. The van der Waals surface area contributed by atoms with E-state index in [1.54, 1.807) is 23.1 Å². The second-order valence-electron chi connectivity index (χ2n) is 17.5. The van der Waals surface area contributed by atoms with Crippen molar-refractivity contribution in [3.63, 3.8) is 0 Å². The van der Waals surface area contributed by atoms with E-state index in [9.17, 15) is 14.7 Å². The molecular weight excluding hydrogens is 861 g/mol. The number of benzene rings is 6. The van der Waals surface area contributed by atoms with Crippen molar-refractivity contribution in [2.45, 2.75) is 67.3 Å². The van der Waals surface area contributed by atoms with Gasteiger partial charge in [0.1, 0.15) is 18.7 Å². The molecule has 3 amide bonds. The van der Waals surface area contributed by atoms with Gasteiger partial charge in [-0.15, -0.1) is 23.1 Å². The molecule has 9 nitrogen and oxygen atoms in total. The van der Waals surface area contributed by atoms with Gasteiger partial charge in [-0.2, -0.15) is 0 Å². The zero-order valence-electron chi connectivity index (χ0n) is 37.1. The number of alkyl carbamates (subject to hydrolysis) is 1. The lowest BCUT2D eigenvalue weighted by Gasteiger charge is -2.45. The number of nitrogens with one attached hydrogen (secondary N) is 2. The van der Waals surface area contributed by atoms with Crippen LogP contribution in [0, 0.1) is 6.92 Å². The van der Waals surface area contributed by atoms with Gasteiger partial charge in [0, 0.05) is 30.2 Å². The number of rotatable bonds is 14. The van der Waals surface area contributed by atoms with Crippen molar-refractivity contribution in [3.05, 3.63) is 208 Å². The summed E-state index contributed by atoms with van der Waals surface area (Å²) in [6, 6.07) is 52.5. The Kier molecular flexibility index (Phi) is 12.9. The number of aliphatic hydroxyl groups is 1. The van der Waals surface area contributed by atoms with Crippen LogP contribution in [0.2, 0.25) is 0 Å². The number of carbonyl (C=O) groups excluding carboxylic acids is 3. The minimum Gasteiger partial charge on any atom is -0.449 e. The maximum absolute atomic E-state index is 15.5. The van der Waals surface area contributed by atoms with Crippen LogP contribution in [0.3, 0.4) is 0 Å². The molecule has 1 aliphatic carbocycles. The summed E-state index contributed by atoms with van der Waals surface area (Å²) in [5.41, 5.74) is 12.0. The Bertz CT molecular complexity index is 2680. The first kappa shape index (κ1) is 44.7. The number of ether oxygens (including phenoxy) is 1. The topological polar surface area (TPSA) is 121 Å². The zero-order chi connectivity index (χ0) is 45.8. The van der Waals surface area contributed by atoms with Crippen molar-refractivity contribution < 1.29 is 24.2 Å². The highest BCUT2D eigenvalue weighted by Crippen LogP contribution is 2.54. The SMILES string of the molecule is Cc1ncsc1-c1ccc(CNC(=O)[C@@H]2C[C@@H](O)CN2C(=O)[C@@H](NC(=O)OCC2c3ccccc3-c3ccccc32)C(C)(C)SC(c2ccccc2)(c2ccccc2)c2ccccc2)cc1. The van der Waals surface area contributed by atoms with Crippen LogP contribution in [0.4, 0.5) is 4.79 Å². The van der Waals surface area contributed by atoms with Crippen molar-refractivity contribution in [2.24, 2.45) is 0 Å². The van der Waals surface area contributed by atoms with Crippen LogP contribution in [0.25, 0.3) is 21.6 Å². The highest BCUT2D eigenvalue weighted by molar-refractivity contribution is 8.02. The van der Waals surface area contributed by atoms with Gasteiger partial charge in [-0.3, -0.25) is 9.59 Å². The molecule has 0 bridgehead atoms. The number of thioether (sulfide) groups is 1. The minimum absolute atomic E-state index is 0.0500. The van der Waals surface area contributed by atoms with Crippen LogP contribution in [0.15, 0.2) is 169 Å². The van der Waals surface area contributed by atoms with Gasteiger partial charge in [0.25, 0.3) is 0 Å². The number of amides is 3. The summed E-state index contributed by atoms with van der Waals surface area (Å²) in [5, 5.41) is 17.2. The Morgan fingerprint density at radius 1 is 0.773 bits per heavy atom. The average Bonchev–Trinajstić information content (AvgIpc) is 4.06. The van der Waals surface area contributed by atoms with E-state index in [2.05, 4.69) is 76.3 Å². The maximum Gasteiger partial charge on any atom is 0.407 e. The zero-order valence-corrected chi connectivity index (χ0v) is 38.7. The molecule has 3 atom stereocenters. The third kappa shape index (κ3) is 8.90. The number of carbonyl (C=O) groups is 3. The summed E-state index contributed by atoms with van der Waals surface area (Å²) in [6.45, 7) is 6.08. The molecule has 6 aromatic carbocycles. The Morgan fingerprint density at radius 3 is 1.83 bits per heavy atom. The number of thiazole rings is 1. The summed E-state index contributed by atoms with van der Waals surface area (Å²) in [7, 11) is 0. The first-order valence-electron chi connectivity index (χ1n) is 22.3. The number of nitrogens with zero attached hydrogens (tertiary/aromatic N) is 2. The number of aliphatic hydroxyl groups excluding tert-OH is 1. The highest BCUT2D eigenvalue weighted by Gasteiger charge is 2.51. The predicted octanol–water partition coefficient (Wildman–Crippen LogP) is 10.1. The summed E-state index contributed by atoms with van der Waals surface area (Å²) >= 11 is 3.13. The van der Waals surface area contributed by atoms with E-state index in [0.29, 0.717) is 0 Å². The van der Waals surface area contributed by atoms with Crippen molar-refractivity contribution in [2.75, 3.05) is 13.2 Å².